The van der Waals surface area contributed by atoms with Crippen LogP contribution in [0.3, 0.4) is 0 Å². The molecule has 0 aromatic carbocycles. The van der Waals surface area contributed by atoms with E-state index >= 15 is 0 Å². The SMILES string of the molecule is C=C(C)C(=O)O.C=C(C)C(=O)OCCC(C[N+](C)(C)C)OP(=O)(O)O. The van der Waals surface area contributed by atoms with Crippen LogP contribution in [-0.2, 0) is 23.4 Å². The number of ether oxygens (including phenoxy) is 1. The molecule has 0 rings (SSSR count). The fourth-order valence-electron chi connectivity index (χ4n) is 1.39. The maximum absolute atomic E-state index is 11.2. The van der Waals surface area contributed by atoms with Crippen LogP contribution >= 0.6 is 7.82 Å². The van der Waals surface area contributed by atoms with Crippen molar-refractivity contribution >= 4 is 19.8 Å². The Balaban J connectivity index is 0. The van der Waals surface area contributed by atoms with E-state index in [1.165, 1.54) is 13.8 Å². The molecule has 0 saturated carbocycles. The molecule has 9 nitrogen and oxygen atoms in total. The van der Waals surface area contributed by atoms with E-state index in [1.54, 1.807) is 0 Å². The van der Waals surface area contributed by atoms with Crippen molar-refractivity contribution in [2.45, 2.75) is 26.4 Å². The zero-order valence-corrected chi connectivity index (χ0v) is 16.3. The minimum atomic E-state index is -4.56. The van der Waals surface area contributed by atoms with Crippen LogP contribution in [0.15, 0.2) is 24.3 Å². The molecule has 0 saturated heterocycles. The molecule has 0 spiro atoms. The summed E-state index contributed by atoms with van der Waals surface area (Å²) in [5, 5.41) is 7.89. The van der Waals surface area contributed by atoms with Gasteiger partial charge in [-0.3, -0.25) is 4.52 Å². The lowest BCUT2D eigenvalue weighted by Crippen LogP contribution is -2.42. The quantitative estimate of drug-likeness (QED) is 0.236. The highest BCUT2D eigenvalue weighted by molar-refractivity contribution is 7.46. The van der Waals surface area contributed by atoms with Gasteiger partial charge in [0.2, 0.25) is 0 Å². The van der Waals surface area contributed by atoms with Crippen LogP contribution in [0.2, 0.25) is 0 Å². The second-order valence-electron chi connectivity index (χ2n) is 6.48. The highest BCUT2D eigenvalue weighted by atomic mass is 31.2. The maximum atomic E-state index is 11.2. The summed E-state index contributed by atoms with van der Waals surface area (Å²) in [6.45, 7) is 9.97. The van der Waals surface area contributed by atoms with Gasteiger partial charge in [0, 0.05) is 17.6 Å². The minimum absolute atomic E-state index is 0.0242. The Labute approximate surface area is 148 Å². The molecule has 1 atom stereocenters. The second-order valence-corrected chi connectivity index (χ2v) is 7.67. The molecular formula is C15H29NO8P+. The van der Waals surface area contributed by atoms with Gasteiger partial charge in [-0.1, -0.05) is 13.2 Å². The van der Waals surface area contributed by atoms with E-state index in [9.17, 15) is 14.2 Å². The van der Waals surface area contributed by atoms with Gasteiger partial charge in [-0.2, -0.15) is 0 Å². The number of aliphatic carboxylic acids is 1. The number of rotatable bonds is 9. The van der Waals surface area contributed by atoms with Crippen LogP contribution in [0.25, 0.3) is 0 Å². The van der Waals surface area contributed by atoms with Gasteiger partial charge >= 0.3 is 19.8 Å². The van der Waals surface area contributed by atoms with Crippen LogP contribution in [0.5, 0.6) is 0 Å². The van der Waals surface area contributed by atoms with Crippen molar-refractivity contribution in [1.29, 1.82) is 0 Å². The van der Waals surface area contributed by atoms with Crippen molar-refractivity contribution in [3.8, 4) is 0 Å². The number of phosphoric ester groups is 1. The maximum Gasteiger partial charge on any atom is 0.470 e. The van der Waals surface area contributed by atoms with Crippen LogP contribution in [0.4, 0.5) is 0 Å². The van der Waals surface area contributed by atoms with Crippen LogP contribution in [0, 0.1) is 0 Å². The topological polar surface area (TPSA) is 130 Å². The lowest BCUT2D eigenvalue weighted by Gasteiger charge is -2.29. The first-order valence-electron chi connectivity index (χ1n) is 7.31. The number of likely N-dealkylation sites (N-methyl/N-ethyl adjacent to an activating group) is 1. The molecule has 1 unspecified atom stereocenters. The van der Waals surface area contributed by atoms with Crippen molar-refractivity contribution in [1.82, 2.24) is 0 Å². The van der Waals surface area contributed by atoms with Gasteiger partial charge in [-0.25, -0.2) is 14.2 Å². The average Bonchev–Trinajstić information content (AvgIpc) is 2.34. The third kappa shape index (κ3) is 18.7. The second kappa shape index (κ2) is 11.2. The summed E-state index contributed by atoms with van der Waals surface area (Å²) in [7, 11) is 1.05. The van der Waals surface area contributed by atoms with Crippen molar-refractivity contribution < 1.29 is 42.8 Å². The van der Waals surface area contributed by atoms with Gasteiger partial charge in [0.15, 0.2) is 0 Å². The van der Waals surface area contributed by atoms with Gasteiger partial charge < -0.3 is 24.1 Å². The van der Waals surface area contributed by atoms with Crippen LogP contribution in [0.1, 0.15) is 20.3 Å². The van der Waals surface area contributed by atoms with Gasteiger partial charge in [0.1, 0.15) is 12.6 Å². The number of carboxylic acids is 1. The Kier molecular flexibility index (Phi) is 11.5. The van der Waals surface area contributed by atoms with E-state index in [0.29, 0.717) is 11.0 Å². The average molecular weight is 382 g/mol. The normalized spacial score (nSPS) is 12.4. The Bertz CT molecular complexity index is 520. The predicted molar refractivity (Wildman–Crippen MR) is 92.7 cm³/mol. The predicted octanol–water partition coefficient (Wildman–Crippen LogP) is 1.33. The molecule has 10 heteroatoms. The highest BCUT2D eigenvalue weighted by Crippen LogP contribution is 2.38. The molecule has 0 radical (unpaired) electrons. The Morgan fingerprint density at radius 2 is 1.56 bits per heavy atom. The number of carbonyl (C=O) groups excluding carboxylic acids is 1. The molecule has 25 heavy (non-hydrogen) atoms. The van der Waals surface area contributed by atoms with E-state index in [-0.39, 0.29) is 24.2 Å². The number of carboxylic acid groups (broad SMARTS) is 1. The first kappa shape index (κ1) is 25.7. The number of carbonyl (C=O) groups is 2. The van der Waals surface area contributed by atoms with E-state index in [2.05, 4.69) is 13.2 Å². The first-order valence-corrected chi connectivity index (χ1v) is 8.84. The van der Waals surface area contributed by atoms with Gasteiger partial charge in [0.25, 0.3) is 0 Å². The number of nitrogens with zero attached hydrogens (tertiary/aromatic N) is 1. The molecule has 0 aliphatic heterocycles. The summed E-state index contributed by atoms with van der Waals surface area (Å²) < 4.78 is 20.9. The molecule has 0 aliphatic carbocycles. The summed E-state index contributed by atoms with van der Waals surface area (Å²) in [6, 6.07) is 0. The summed E-state index contributed by atoms with van der Waals surface area (Å²) in [5.74, 6) is -1.46. The standard InChI is InChI=1S/C11H22NO6P.C4H6O2/c1-9(2)11(13)17-7-6-10(8-12(3,4)5)18-19(14,15)16;1-3(2)4(5)6/h10H,1,6-8H2,2-5H3,(H-,14,15,16);1H2,2H3,(H,5,6)/p+1. The van der Waals surface area contributed by atoms with E-state index in [1.807, 2.05) is 21.1 Å². The molecule has 146 valence electrons. The van der Waals surface area contributed by atoms with Gasteiger partial charge in [-0.15, -0.1) is 0 Å². The molecule has 0 fully saturated rings. The summed E-state index contributed by atoms with van der Waals surface area (Å²) in [5.41, 5.74) is 0.453. The molecule has 0 heterocycles. The van der Waals surface area contributed by atoms with Crippen molar-refractivity contribution in [3.63, 3.8) is 0 Å². The third-order valence-corrected chi connectivity index (χ3v) is 3.00. The Morgan fingerprint density at radius 3 is 1.84 bits per heavy atom. The van der Waals surface area contributed by atoms with E-state index in [0.717, 1.165) is 0 Å². The van der Waals surface area contributed by atoms with Gasteiger partial charge in [-0.05, 0) is 13.8 Å². The Hall–Kier alpha value is -1.51. The number of hydrogen-bond acceptors (Lipinski definition) is 5. The zero-order valence-electron chi connectivity index (χ0n) is 15.4. The number of esters is 1. The smallest absolute Gasteiger partial charge is 0.470 e. The number of quaternary nitrogens is 1. The van der Waals surface area contributed by atoms with E-state index < -0.39 is 25.9 Å². The lowest BCUT2D eigenvalue weighted by molar-refractivity contribution is -0.873. The van der Waals surface area contributed by atoms with Crippen LogP contribution in [-0.4, -0.2) is 71.7 Å². The number of hydrogen-bond donors (Lipinski definition) is 3. The summed E-state index contributed by atoms with van der Waals surface area (Å²) >= 11 is 0. The lowest BCUT2D eigenvalue weighted by atomic mass is 10.2. The molecule has 3 N–H and O–H groups in total. The van der Waals surface area contributed by atoms with Crippen molar-refractivity contribution in [3.05, 3.63) is 24.3 Å². The molecular weight excluding hydrogens is 353 g/mol. The fourth-order valence-corrected chi connectivity index (χ4v) is 1.95. The zero-order chi connectivity index (χ0) is 20.4. The first-order chi connectivity index (χ1) is 11.0. The fraction of sp³-hybridized carbons (Fsp3) is 0.600. The molecule has 0 bridgehead atoms. The van der Waals surface area contributed by atoms with Gasteiger partial charge in [0.05, 0.1) is 27.7 Å². The summed E-state index contributed by atoms with van der Waals surface area (Å²) in [4.78, 5) is 38.5. The monoisotopic (exact) mass is 382 g/mol. The molecule has 0 aromatic heterocycles. The van der Waals surface area contributed by atoms with E-state index in [4.69, 9.17) is 24.2 Å². The largest absolute Gasteiger partial charge is 0.478 e. The Morgan fingerprint density at radius 1 is 1.12 bits per heavy atom. The van der Waals surface area contributed by atoms with Crippen LogP contribution < -0.4 is 0 Å². The molecule has 0 aromatic rings. The third-order valence-electron chi connectivity index (χ3n) is 2.42. The van der Waals surface area contributed by atoms with Crippen molar-refractivity contribution in [2.75, 3.05) is 34.3 Å². The molecule has 0 amide bonds. The minimum Gasteiger partial charge on any atom is -0.478 e. The molecule has 0 aliphatic rings. The summed E-state index contributed by atoms with van der Waals surface area (Å²) in [6.07, 6.45) is -0.488. The van der Waals surface area contributed by atoms with Crippen molar-refractivity contribution in [2.24, 2.45) is 0 Å². The number of phosphoric acid groups is 1. The highest BCUT2D eigenvalue weighted by Gasteiger charge is 2.27.